The fourth-order valence-corrected chi connectivity index (χ4v) is 4.21. The maximum atomic E-state index is 10.5. The van der Waals surface area contributed by atoms with Crippen LogP contribution in [-0.2, 0) is 0 Å². The average molecular weight is 416 g/mol. The van der Waals surface area contributed by atoms with Gasteiger partial charge < -0.3 is 10.0 Å². The van der Waals surface area contributed by atoms with Crippen molar-refractivity contribution in [3.05, 3.63) is 74.2 Å². The highest BCUT2D eigenvalue weighted by Crippen LogP contribution is 2.36. The number of hydrogen-bond donors (Lipinski definition) is 2. The minimum atomic E-state index is 0.136. The van der Waals surface area contributed by atoms with E-state index in [1.807, 2.05) is 54.8 Å². The van der Waals surface area contributed by atoms with Crippen molar-refractivity contribution >= 4 is 51.6 Å². The van der Waals surface area contributed by atoms with E-state index in [2.05, 4.69) is 4.98 Å². The quantitative estimate of drug-likeness (QED) is 0.535. The number of amidine groups is 1. The molecule has 4 rings (SSSR count). The molecule has 0 saturated heterocycles. The second-order valence-corrected chi connectivity index (χ2v) is 7.96. The van der Waals surface area contributed by atoms with E-state index in [4.69, 9.17) is 28.6 Å². The largest absolute Gasteiger partial charge is 0.510 e. The zero-order valence-corrected chi connectivity index (χ0v) is 16.7. The van der Waals surface area contributed by atoms with E-state index in [0.717, 1.165) is 22.5 Å². The van der Waals surface area contributed by atoms with Gasteiger partial charge in [0.05, 0.1) is 17.8 Å². The van der Waals surface area contributed by atoms with Gasteiger partial charge in [-0.25, -0.2) is 4.98 Å². The zero-order valence-electron chi connectivity index (χ0n) is 14.3. The molecule has 0 unspecified atom stereocenters. The first-order chi connectivity index (χ1) is 12.9. The molecule has 1 aliphatic heterocycles. The maximum absolute atomic E-state index is 10.5. The highest BCUT2D eigenvalue weighted by Gasteiger charge is 2.32. The zero-order chi connectivity index (χ0) is 19.1. The van der Waals surface area contributed by atoms with Crippen molar-refractivity contribution < 1.29 is 5.11 Å². The van der Waals surface area contributed by atoms with Crippen LogP contribution in [0.3, 0.4) is 0 Å². The van der Waals surface area contributed by atoms with Crippen molar-refractivity contribution in [1.29, 1.82) is 5.41 Å². The fourth-order valence-electron chi connectivity index (χ4n) is 3.03. The first-order valence-electron chi connectivity index (χ1n) is 8.20. The lowest BCUT2D eigenvalue weighted by Gasteiger charge is -2.21. The van der Waals surface area contributed by atoms with Gasteiger partial charge in [-0.1, -0.05) is 41.4 Å². The summed E-state index contributed by atoms with van der Waals surface area (Å²) >= 11 is 13.5. The predicted molar refractivity (Wildman–Crippen MR) is 113 cm³/mol. The van der Waals surface area contributed by atoms with Crippen LogP contribution in [0.2, 0.25) is 10.0 Å². The summed E-state index contributed by atoms with van der Waals surface area (Å²) in [6, 6.07) is 13.0. The molecular weight excluding hydrogens is 401 g/mol. The van der Waals surface area contributed by atoms with Crippen LogP contribution in [0.25, 0.3) is 16.8 Å². The smallest absolute Gasteiger partial charge is 0.139 e. The molecule has 1 aliphatic rings. The van der Waals surface area contributed by atoms with Gasteiger partial charge in [0, 0.05) is 26.7 Å². The predicted octanol–water partition coefficient (Wildman–Crippen LogP) is 6.19. The minimum Gasteiger partial charge on any atom is -0.510 e. The summed E-state index contributed by atoms with van der Waals surface area (Å²) in [7, 11) is 0. The Morgan fingerprint density at radius 2 is 1.81 bits per heavy atom. The number of aromatic nitrogens is 1. The minimum absolute atomic E-state index is 0.136. The molecule has 2 heterocycles. The van der Waals surface area contributed by atoms with Crippen LogP contribution >= 0.6 is 34.5 Å². The first-order valence-corrected chi connectivity index (χ1v) is 9.84. The molecule has 0 fully saturated rings. The number of benzene rings is 2. The van der Waals surface area contributed by atoms with Crippen molar-refractivity contribution in [2.24, 2.45) is 0 Å². The Hall–Kier alpha value is -2.34. The van der Waals surface area contributed by atoms with Gasteiger partial charge in [-0.3, -0.25) is 5.41 Å². The van der Waals surface area contributed by atoms with Crippen LogP contribution in [0, 0.1) is 12.3 Å². The van der Waals surface area contributed by atoms with Crippen LogP contribution in [0.4, 0.5) is 5.69 Å². The lowest BCUT2D eigenvalue weighted by molar-refractivity contribution is 0.411. The van der Waals surface area contributed by atoms with Crippen LogP contribution in [0.5, 0.6) is 0 Å². The molecule has 0 spiro atoms. The number of hydrogen-bond acceptors (Lipinski definition) is 4. The van der Waals surface area contributed by atoms with Crippen LogP contribution < -0.4 is 4.90 Å². The molecule has 7 heteroatoms. The number of nitrogens with one attached hydrogen (secondary N) is 1. The Labute approximate surface area is 170 Å². The Morgan fingerprint density at radius 1 is 1.11 bits per heavy atom. The molecule has 2 aromatic carbocycles. The van der Waals surface area contributed by atoms with Crippen LogP contribution in [0.1, 0.15) is 10.6 Å². The van der Waals surface area contributed by atoms with E-state index in [1.54, 1.807) is 4.90 Å². The Morgan fingerprint density at radius 3 is 2.56 bits per heavy atom. The average Bonchev–Trinajstić information content (AvgIpc) is 3.22. The molecule has 27 heavy (non-hydrogen) atoms. The first kappa shape index (κ1) is 18.0. The second-order valence-electron chi connectivity index (χ2n) is 6.23. The van der Waals surface area contributed by atoms with Crippen molar-refractivity contribution in [3.63, 3.8) is 0 Å². The summed E-state index contributed by atoms with van der Waals surface area (Å²) in [4.78, 5) is 6.37. The topological polar surface area (TPSA) is 60.2 Å². The summed E-state index contributed by atoms with van der Waals surface area (Å²) in [5.74, 6) is 0.353. The van der Waals surface area contributed by atoms with Gasteiger partial charge >= 0.3 is 0 Å². The Bertz CT molecular complexity index is 1070. The number of aryl methyl sites for hydroxylation is 1. The molecule has 0 aliphatic carbocycles. The number of nitrogens with zero attached hydrogens (tertiary/aromatic N) is 2. The highest BCUT2D eigenvalue weighted by molar-refractivity contribution is 7.11. The van der Waals surface area contributed by atoms with Crippen LogP contribution in [-0.4, -0.2) is 22.5 Å². The normalized spacial score (nSPS) is 14.3. The van der Waals surface area contributed by atoms with E-state index >= 15 is 0 Å². The third-order valence-electron chi connectivity index (χ3n) is 4.42. The Balaban J connectivity index is 1.67. The summed E-state index contributed by atoms with van der Waals surface area (Å²) in [6.45, 7) is 2.18. The SMILES string of the molecule is Cc1ccc(Cl)cc1N1CC(O)=C(c2nc(-c3ccc(Cl)cc3)cs2)C1=N. The molecule has 0 bridgehead atoms. The lowest BCUT2D eigenvalue weighted by Crippen LogP contribution is -2.26. The number of aliphatic hydroxyl groups excluding tert-OH is 1. The molecule has 0 atom stereocenters. The third-order valence-corrected chi connectivity index (χ3v) is 5.77. The highest BCUT2D eigenvalue weighted by atomic mass is 35.5. The summed E-state index contributed by atoms with van der Waals surface area (Å²) in [6.07, 6.45) is 0. The summed E-state index contributed by atoms with van der Waals surface area (Å²) in [5.41, 5.74) is 3.98. The van der Waals surface area contributed by atoms with Gasteiger partial charge in [-0.05, 0) is 36.8 Å². The second kappa shape index (κ2) is 7.00. The van der Waals surface area contributed by atoms with E-state index in [9.17, 15) is 5.11 Å². The number of anilines is 1. The van der Waals surface area contributed by atoms with Gasteiger partial charge in [0.2, 0.25) is 0 Å². The van der Waals surface area contributed by atoms with Crippen molar-refractivity contribution in [2.75, 3.05) is 11.4 Å². The van der Waals surface area contributed by atoms with Crippen molar-refractivity contribution in [1.82, 2.24) is 4.98 Å². The molecule has 2 N–H and O–H groups in total. The van der Waals surface area contributed by atoms with Crippen molar-refractivity contribution in [3.8, 4) is 11.3 Å². The number of aliphatic hydroxyl groups is 1. The van der Waals surface area contributed by atoms with E-state index in [-0.39, 0.29) is 18.1 Å². The third kappa shape index (κ3) is 3.34. The molecule has 0 amide bonds. The Kier molecular flexibility index (Phi) is 4.68. The summed E-state index contributed by atoms with van der Waals surface area (Å²) in [5, 5.41) is 22.9. The number of thiazole rings is 1. The molecular formula is C20H15Cl2N3OS. The molecule has 136 valence electrons. The fraction of sp³-hybridized carbons (Fsp3) is 0.100. The van der Waals surface area contributed by atoms with E-state index in [1.165, 1.54) is 11.3 Å². The van der Waals surface area contributed by atoms with E-state index in [0.29, 0.717) is 20.6 Å². The van der Waals surface area contributed by atoms with E-state index < -0.39 is 0 Å². The molecule has 1 aromatic heterocycles. The molecule has 0 saturated carbocycles. The van der Waals surface area contributed by atoms with Crippen molar-refractivity contribution in [2.45, 2.75) is 6.92 Å². The van der Waals surface area contributed by atoms with Crippen LogP contribution in [0.15, 0.2) is 53.6 Å². The molecule has 0 radical (unpaired) electrons. The number of rotatable bonds is 3. The van der Waals surface area contributed by atoms with Gasteiger partial charge in [0.1, 0.15) is 16.6 Å². The van der Waals surface area contributed by atoms with Gasteiger partial charge in [-0.15, -0.1) is 11.3 Å². The maximum Gasteiger partial charge on any atom is 0.139 e. The summed E-state index contributed by atoms with van der Waals surface area (Å²) < 4.78 is 0. The van der Waals surface area contributed by atoms with Gasteiger partial charge in [0.25, 0.3) is 0 Å². The number of halogens is 2. The van der Waals surface area contributed by atoms with Gasteiger partial charge in [0.15, 0.2) is 0 Å². The standard InChI is InChI=1S/C20H15Cl2N3OS/c1-11-2-5-14(22)8-16(11)25-9-17(26)18(19(25)23)20-24-15(10-27-20)12-3-6-13(21)7-4-12/h2-8,10,23,26H,9H2,1H3. The van der Waals surface area contributed by atoms with Gasteiger partial charge in [-0.2, -0.15) is 0 Å². The molecule has 4 nitrogen and oxygen atoms in total. The monoisotopic (exact) mass is 415 g/mol. The lowest BCUT2D eigenvalue weighted by atomic mass is 10.1. The molecule has 3 aromatic rings.